The molecule has 4 rings (SSSR count). The van der Waals surface area contributed by atoms with E-state index < -0.39 is 0 Å². The summed E-state index contributed by atoms with van der Waals surface area (Å²) in [4.78, 5) is 29.1. The van der Waals surface area contributed by atoms with E-state index in [1.807, 2.05) is 36.5 Å². The summed E-state index contributed by atoms with van der Waals surface area (Å²) in [5.74, 6) is -0.251. The topological polar surface area (TPSA) is 73.3 Å². The molecule has 0 aliphatic carbocycles. The molecule has 0 fully saturated rings. The van der Waals surface area contributed by atoms with Gasteiger partial charge in [-0.15, -0.1) is 0 Å². The highest BCUT2D eigenvalue weighted by Crippen LogP contribution is 2.12. The molecule has 0 aliphatic rings. The third-order valence-electron chi connectivity index (χ3n) is 4.28. The third-order valence-corrected chi connectivity index (χ3v) is 4.51. The van der Waals surface area contributed by atoms with E-state index in [-0.39, 0.29) is 24.7 Å². The molecule has 0 spiro atoms. The van der Waals surface area contributed by atoms with Gasteiger partial charge in [-0.3, -0.25) is 13.9 Å². The van der Waals surface area contributed by atoms with Crippen molar-refractivity contribution in [1.29, 1.82) is 0 Å². The maximum absolute atomic E-state index is 12.4. The molecular weight excluding hydrogens is 354 g/mol. The summed E-state index contributed by atoms with van der Waals surface area (Å²) < 4.78 is 4.81. The van der Waals surface area contributed by atoms with Gasteiger partial charge in [0.25, 0.3) is 0 Å². The van der Waals surface area contributed by atoms with Gasteiger partial charge in [-0.05, 0) is 24.3 Å². The molecule has 1 aromatic carbocycles. The van der Waals surface area contributed by atoms with Crippen LogP contribution in [-0.4, -0.2) is 24.4 Å². The van der Waals surface area contributed by atoms with Crippen molar-refractivity contribution < 1.29 is 4.79 Å². The highest BCUT2D eigenvalue weighted by molar-refractivity contribution is 6.30. The number of nitrogens with one attached hydrogen (secondary N) is 1. The summed E-state index contributed by atoms with van der Waals surface area (Å²) in [6.07, 6.45) is 3.57. The van der Waals surface area contributed by atoms with Crippen molar-refractivity contribution in [2.75, 3.05) is 0 Å². The Morgan fingerprint density at radius 1 is 1.15 bits per heavy atom. The Morgan fingerprint density at radius 2 is 1.92 bits per heavy atom. The zero-order valence-corrected chi connectivity index (χ0v) is 14.8. The molecule has 0 aliphatic heterocycles. The predicted molar refractivity (Wildman–Crippen MR) is 99.2 cm³/mol. The van der Waals surface area contributed by atoms with Crippen molar-refractivity contribution in [2.45, 2.75) is 13.1 Å². The fourth-order valence-corrected chi connectivity index (χ4v) is 3.18. The number of imidazole rings is 2. The van der Waals surface area contributed by atoms with E-state index in [1.54, 1.807) is 23.7 Å². The van der Waals surface area contributed by atoms with Gasteiger partial charge in [0.2, 0.25) is 5.91 Å². The molecule has 0 unspecified atom stereocenters. The van der Waals surface area contributed by atoms with E-state index >= 15 is 0 Å². The van der Waals surface area contributed by atoms with Crippen molar-refractivity contribution in [3.05, 3.63) is 70.0 Å². The lowest BCUT2D eigenvalue weighted by Crippen LogP contribution is -2.32. The largest absolute Gasteiger partial charge is 0.349 e. The minimum atomic E-state index is -0.251. The van der Waals surface area contributed by atoms with Crippen molar-refractivity contribution in [3.8, 4) is 0 Å². The fraction of sp³-hybridized carbons (Fsp3) is 0.167. The minimum absolute atomic E-state index is 0.0423. The number of hydrogen-bond donors (Lipinski definition) is 1. The average Bonchev–Trinajstić information content (AvgIpc) is 3.14. The van der Waals surface area contributed by atoms with Gasteiger partial charge in [-0.25, -0.2) is 9.78 Å². The number of amides is 1. The third kappa shape index (κ3) is 2.86. The van der Waals surface area contributed by atoms with Crippen LogP contribution in [0.1, 0.15) is 5.69 Å². The van der Waals surface area contributed by atoms with Crippen LogP contribution in [-0.2, 0) is 24.9 Å². The molecular formula is C18H16ClN5O2. The quantitative estimate of drug-likeness (QED) is 0.597. The molecule has 4 aromatic rings. The average molecular weight is 370 g/mol. The van der Waals surface area contributed by atoms with Crippen LogP contribution in [0, 0.1) is 0 Å². The number of carbonyl (C=O) groups is 1. The second-order valence-corrected chi connectivity index (χ2v) is 6.47. The summed E-state index contributed by atoms with van der Waals surface area (Å²) in [7, 11) is 1.70. The molecule has 1 amide bonds. The Kier molecular flexibility index (Phi) is 4.00. The lowest BCUT2D eigenvalue weighted by molar-refractivity contribution is -0.121. The predicted octanol–water partition coefficient (Wildman–Crippen LogP) is 1.96. The van der Waals surface area contributed by atoms with E-state index in [0.717, 1.165) is 16.7 Å². The number of aryl methyl sites for hydroxylation is 1. The highest BCUT2D eigenvalue weighted by atomic mass is 35.5. The summed E-state index contributed by atoms with van der Waals surface area (Å²) in [6, 6.07) is 11.0. The van der Waals surface area contributed by atoms with Crippen LogP contribution in [0.4, 0.5) is 0 Å². The number of carbonyl (C=O) groups excluding carboxylic acids is 1. The van der Waals surface area contributed by atoms with E-state index in [0.29, 0.717) is 10.7 Å². The lowest BCUT2D eigenvalue weighted by atomic mass is 10.3. The molecule has 132 valence electrons. The summed E-state index contributed by atoms with van der Waals surface area (Å²) >= 11 is 5.96. The van der Waals surface area contributed by atoms with E-state index in [9.17, 15) is 9.59 Å². The number of aromatic nitrogens is 4. The molecule has 1 N–H and O–H groups in total. The van der Waals surface area contributed by atoms with Crippen LogP contribution in [0.25, 0.3) is 16.7 Å². The molecule has 0 radical (unpaired) electrons. The first-order valence-corrected chi connectivity index (χ1v) is 8.45. The van der Waals surface area contributed by atoms with Crippen LogP contribution in [0.5, 0.6) is 0 Å². The molecule has 0 bridgehead atoms. The first-order valence-electron chi connectivity index (χ1n) is 8.07. The Morgan fingerprint density at radius 3 is 2.73 bits per heavy atom. The van der Waals surface area contributed by atoms with Gasteiger partial charge in [-0.2, -0.15) is 0 Å². The Bertz CT molecular complexity index is 1190. The summed E-state index contributed by atoms with van der Waals surface area (Å²) in [5, 5.41) is 3.42. The number of para-hydroxylation sites is 2. The molecule has 0 saturated heterocycles. The minimum Gasteiger partial charge on any atom is -0.349 e. The van der Waals surface area contributed by atoms with E-state index in [2.05, 4.69) is 10.3 Å². The standard InChI is InChI=1S/C18H16ClN5O2/c1-22-14-4-2-3-5-15(14)24(18(22)26)11-17(25)20-8-13-10-23-9-12(19)6-7-16(23)21-13/h2-7,9-10H,8,11H2,1H3,(H,20,25). The van der Waals surface area contributed by atoms with E-state index in [1.165, 1.54) is 9.13 Å². The number of hydrogen-bond acceptors (Lipinski definition) is 3. The fourth-order valence-electron chi connectivity index (χ4n) is 3.01. The number of fused-ring (bicyclic) bond motifs is 2. The second kappa shape index (κ2) is 6.34. The number of pyridine rings is 1. The number of rotatable bonds is 4. The lowest BCUT2D eigenvalue weighted by Gasteiger charge is -2.04. The number of nitrogens with zero attached hydrogens (tertiary/aromatic N) is 4. The summed E-state index contributed by atoms with van der Waals surface area (Å²) in [5.41, 5.74) is 2.78. The maximum Gasteiger partial charge on any atom is 0.329 e. The smallest absolute Gasteiger partial charge is 0.329 e. The van der Waals surface area contributed by atoms with Gasteiger partial charge in [0.15, 0.2) is 0 Å². The first kappa shape index (κ1) is 16.4. The van der Waals surface area contributed by atoms with Crippen molar-refractivity contribution in [3.63, 3.8) is 0 Å². The van der Waals surface area contributed by atoms with Crippen LogP contribution in [0.15, 0.2) is 53.6 Å². The van der Waals surface area contributed by atoms with Gasteiger partial charge in [0.1, 0.15) is 12.2 Å². The molecule has 8 heteroatoms. The zero-order valence-electron chi connectivity index (χ0n) is 14.0. The Balaban J connectivity index is 1.50. The number of benzene rings is 1. The van der Waals surface area contributed by atoms with Crippen molar-refractivity contribution >= 4 is 34.2 Å². The van der Waals surface area contributed by atoms with Crippen molar-refractivity contribution in [1.82, 2.24) is 23.8 Å². The van der Waals surface area contributed by atoms with Gasteiger partial charge >= 0.3 is 5.69 Å². The Labute approximate surface area is 153 Å². The maximum atomic E-state index is 12.4. The van der Waals surface area contributed by atoms with Gasteiger partial charge in [-0.1, -0.05) is 23.7 Å². The van der Waals surface area contributed by atoms with Crippen LogP contribution in [0.2, 0.25) is 5.02 Å². The zero-order chi connectivity index (χ0) is 18.3. The molecule has 3 heterocycles. The molecule has 3 aromatic heterocycles. The molecule has 7 nitrogen and oxygen atoms in total. The summed E-state index contributed by atoms with van der Waals surface area (Å²) in [6.45, 7) is 0.233. The monoisotopic (exact) mass is 369 g/mol. The van der Waals surface area contributed by atoms with Crippen molar-refractivity contribution in [2.24, 2.45) is 7.05 Å². The van der Waals surface area contributed by atoms with Crippen LogP contribution < -0.4 is 11.0 Å². The number of halogens is 1. The van der Waals surface area contributed by atoms with Crippen LogP contribution in [0.3, 0.4) is 0 Å². The second-order valence-electron chi connectivity index (χ2n) is 6.04. The molecule has 0 saturated carbocycles. The molecule has 26 heavy (non-hydrogen) atoms. The van der Waals surface area contributed by atoms with Crippen LogP contribution >= 0.6 is 11.6 Å². The van der Waals surface area contributed by atoms with Gasteiger partial charge in [0.05, 0.1) is 28.3 Å². The molecule has 0 atom stereocenters. The first-order chi connectivity index (χ1) is 12.5. The van der Waals surface area contributed by atoms with E-state index in [4.69, 9.17) is 11.6 Å². The normalized spacial score (nSPS) is 11.3. The highest BCUT2D eigenvalue weighted by Gasteiger charge is 2.13. The van der Waals surface area contributed by atoms with Gasteiger partial charge in [0, 0.05) is 19.4 Å². The van der Waals surface area contributed by atoms with Gasteiger partial charge < -0.3 is 9.72 Å². The Hall–Kier alpha value is -3.06. The SMILES string of the molecule is Cn1c(=O)n(CC(=O)NCc2cn3cc(Cl)ccc3n2)c2ccccc21.